The number of phosphoric acid groups is 2. The van der Waals surface area contributed by atoms with Crippen molar-refractivity contribution in [2.24, 2.45) is 17.8 Å². The molecule has 0 aliphatic carbocycles. The Morgan fingerprint density at radius 3 is 0.835 bits per heavy atom. The smallest absolute Gasteiger partial charge is 0.462 e. The predicted molar refractivity (Wildman–Crippen MR) is 395 cm³/mol. The maximum absolute atomic E-state index is 13.1. The zero-order chi connectivity index (χ0) is 71.6. The van der Waals surface area contributed by atoms with Gasteiger partial charge in [0.1, 0.15) is 19.3 Å². The van der Waals surface area contributed by atoms with Crippen molar-refractivity contribution in [2.45, 2.75) is 394 Å². The molecular weight excluding hydrogens is 1270 g/mol. The Bertz CT molecular complexity index is 1980. The second kappa shape index (κ2) is 68.0. The zero-order valence-electron chi connectivity index (χ0n) is 63.0. The molecule has 0 aromatic rings. The Hall–Kier alpha value is -2.46. The molecule has 0 spiro atoms. The summed E-state index contributed by atoms with van der Waals surface area (Å²) in [6.45, 7) is 11.8. The fraction of sp³-hybridized carbons (Fsp3) is 0.897. The number of ether oxygens (including phenoxy) is 4. The molecule has 0 bridgehead atoms. The van der Waals surface area contributed by atoms with Gasteiger partial charge < -0.3 is 33.8 Å². The van der Waals surface area contributed by atoms with Gasteiger partial charge in [-0.05, 0) is 69.1 Å². The Morgan fingerprint density at radius 2 is 0.557 bits per heavy atom. The molecule has 0 rings (SSSR count). The summed E-state index contributed by atoms with van der Waals surface area (Å²) >= 11 is 0. The number of allylic oxidation sites excluding steroid dienone is 4. The van der Waals surface area contributed by atoms with Gasteiger partial charge >= 0.3 is 39.5 Å². The summed E-state index contributed by atoms with van der Waals surface area (Å²) in [6.07, 6.45) is 57.6. The summed E-state index contributed by atoms with van der Waals surface area (Å²) < 4.78 is 68.6. The van der Waals surface area contributed by atoms with E-state index in [1.165, 1.54) is 167 Å². The van der Waals surface area contributed by atoms with Crippen molar-refractivity contribution >= 4 is 39.5 Å². The summed E-state index contributed by atoms with van der Waals surface area (Å²) in [5, 5.41) is 10.6. The fourth-order valence-corrected chi connectivity index (χ4v) is 13.0. The topological polar surface area (TPSA) is 237 Å². The zero-order valence-corrected chi connectivity index (χ0v) is 64.8. The van der Waals surface area contributed by atoms with Crippen molar-refractivity contribution in [2.75, 3.05) is 39.6 Å². The average Bonchev–Trinajstić information content (AvgIpc) is 2.47. The van der Waals surface area contributed by atoms with Gasteiger partial charge in [-0.15, -0.1) is 0 Å². The maximum atomic E-state index is 13.1. The van der Waals surface area contributed by atoms with E-state index in [4.69, 9.17) is 37.0 Å². The second-order valence-corrected chi connectivity index (χ2v) is 31.7. The molecule has 572 valence electrons. The first-order chi connectivity index (χ1) is 46.7. The van der Waals surface area contributed by atoms with E-state index in [0.29, 0.717) is 25.7 Å². The highest BCUT2D eigenvalue weighted by Gasteiger charge is 2.30. The lowest BCUT2D eigenvalue weighted by Gasteiger charge is -2.21. The standard InChI is InChI=1S/C78H148O17P2/c1-8-9-10-11-12-13-14-15-16-19-24-31-38-45-52-59-75(80)88-65-73(94-77(82)61-54-47-40-32-25-20-17-18-22-28-35-42-49-56-69(2)3)67-92-96(84,85)90-63-72(79)64-91-97(86,87)93-68-74(66-89-76(81)60-53-46-39-34-27-30-37-44-51-58-71(6)7)95-78(83)62-55-48-41-33-26-21-23-29-36-43-50-57-70(4)5/h13-16,69-74,79H,8-12,17-68H2,1-7H3,(H,84,85)(H,86,87)/b14-13-,16-15-/t72-,73-,74-/m1/s1. The third kappa shape index (κ3) is 71.7. The summed E-state index contributed by atoms with van der Waals surface area (Å²) in [7, 11) is -9.93. The van der Waals surface area contributed by atoms with Crippen molar-refractivity contribution in [3.63, 3.8) is 0 Å². The Kier molecular flexibility index (Phi) is 66.3. The number of hydrogen-bond acceptors (Lipinski definition) is 15. The SMILES string of the molecule is CCCCCC/C=C\C=C/CCCCCCCC(=O)OC[C@H](COP(=O)(O)OC[C@@H](O)COP(=O)(O)OC[C@@H](COC(=O)CCCCCCCCCCCC(C)C)OC(=O)CCCCCCCCCCCCCC(C)C)OC(=O)CCCCCCCCCCCCCCCC(C)C. The molecule has 0 saturated carbocycles. The van der Waals surface area contributed by atoms with Crippen molar-refractivity contribution < 1.29 is 80.2 Å². The first kappa shape index (κ1) is 94.5. The summed E-state index contributed by atoms with van der Waals surface area (Å²) in [5.74, 6) is 0.145. The first-order valence-electron chi connectivity index (χ1n) is 39.7. The molecule has 0 aromatic carbocycles. The number of hydrogen-bond donors (Lipinski definition) is 3. The summed E-state index contributed by atoms with van der Waals surface area (Å²) in [4.78, 5) is 72.9. The Balaban J connectivity index is 5.31. The van der Waals surface area contributed by atoms with E-state index in [2.05, 4.69) is 72.8 Å². The highest BCUT2D eigenvalue weighted by Crippen LogP contribution is 2.45. The minimum atomic E-state index is -4.97. The van der Waals surface area contributed by atoms with E-state index in [1.54, 1.807) is 0 Å². The van der Waals surface area contributed by atoms with E-state index in [0.717, 1.165) is 127 Å². The van der Waals surface area contributed by atoms with E-state index >= 15 is 0 Å². The molecule has 0 aliphatic heterocycles. The van der Waals surface area contributed by atoms with Crippen LogP contribution in [-0.4, -0.2) is 96.7 Å². The molecule has 0 saturated heterocycles. The molecule has 0 amide bonds. The summed E-state index contributed by atoms with van der Waals surface area (Å²) in [6, 6.07) is 0. The molecule has 19 heteroatoms. The van der Waals surface area contributed by atoms with Crippen LogP contribution in [0.1, 0.15) is 376 Å². The van der Waals surface area contributed by atoms with Gasteiger partial charge in [-0.25, -0.2) is 9.13 Å². The number of aliphatic hydroxyl groups excluding tert-OH is 1. The number of rotatable bonds is 74. The molecule has 0 aliphatic rings. The van der Waals surface area contributed by atoms with E-state index < -0.39 is 97.5 Å². The molecule has 3 N–H and O–H groups in total. The van der Waals surface area contributed by atoms with Crippen LogP contribution in [-0.2, 0) is 65.4 Å². The first-order valence-corrected chi connectivity index (χ1v) is 42.7. The van der Waals surface area contributed by atoms with Gasteiger partial charge in [-0.1, -0.05) is 323 Å². The quantitative estimate of drug-likeness (QED) is 0.0169. The van der Waals surface area contributed by atoms with Crippen LogP contribution in [0.4, 0.5) is 0 Å². The molecule has 5 atom stereocenters. The number of aliphatic hydroxyl groups is 1. The van der Waals surface area contributed by atoms with Gasteiger partial charge in [0.05, 0.1) is 26.4 Å². The molecule has 97 heavy (non-hydrogen) atoms. The monoisotopic (exact) mass is 1420 g/mol. The van der Waals surface area contributed by atoms with Crippen LogP contribution in [0.3, 0.4) is 0 Å². The number of phosphoric ester groups is 2. The van der Waals surface area contributed by atoms with Gasteiger partial charge in [-0.2, -0.15) is 0 Å². The Labute approximate surface area is 592 Å². The normalized spacial score (nSPS) is 14.2. The van der Waals surface area contributed by atoms with Gasteiger partial charge in [-0.3, -0.25) is 37.3 Å². The Morgan fingerprint density at radius 1 is 0.320 bits per heavy atom. The van der Waals surface area contributed by atoms with Crippen molar-refractivity contribution in [1.29, 1.82) is 0 Å². The summed E-state index contributed by atoms with van der Waals surface area (Å²) in [5.41, 5.74) is 0. The van der Waals surface area contributed by atoms with Crippen LogP contribution < -0.4 is 0 Å². The number of carbonyl (C=O) groups is 4. The molecule has 17 nitrogen and oxygen atoms in total. The minimum Gasteiger partial charge on any atom is -0.462 e. The molecular formula is C78H148O17P2. The third-order valence-corrected chi connectivity index (χ3v) is 19.4. The van der Waals surface area contributed by atoms with Crippen molar-refractivity contribution in [1.82, 2.24) is 0 Å². The molecule has 0 radical (unpaired) electrons. The van der Waals surface area contributed by atoms with Crippen LogP contribution >= 0.6 is 15.6 Å². The van der Waals surface area contributed by atoms with E-state index in [1.807, 2.05) is 0 Å². The van der Waals surface area contributed by atoms with Crippen LogP contribution in [0.15, 0.2) is 24.3 Å². The maximum Gasteiger partial charge on any atom is 0.472 e. The van der Waals surface area contributed by atoms with Gasteiger partial charge in [0.15, 0.2) is 12.2 Å². The molecule has 2 unspecified atom stereocenters. The lowest BCUT2D eigenvalue weighted by atomic mass is 10.0. The van der Waals surface area contributed by atoms with E-state index in [-0.39, 0.29) is 25.7 Å². The van der Waals surface area contributed by atoms with Crippen LogP contribution in [0, 0.1) is 17.8 Å². The number of carbonyl (C=O) groups excluding carboxylic acids is 4. The predicted octanol–water partition coefficient (Wildman–Crippen LogP) is 22.5. The lowest BCUT2D eigenvalue weighted by molar-refractivity contribution is -0.161. The third-order valence-electron chi connectivity index (χ3n) is 17.5. The average molecular weight is 1420 g/mol. The van der Waals surface area contributed by atoms with Crippen molar-refractivity contribution in [3.05, 3.63) is 24.3 Å². The van der Waals surface area contributed by atoms with Crippen LogP contribution in [0.2, 0.25) is 0 Å². The molecule has 0 heterocycles. The van der Waals surface area contributed by atoms with Crippen molar-refractivity contribution in [3.8, 4) is 0 Å². The fourth-order valence-electron chi connectivity index (χ4n) is 11.4. The highest BCUT2D eigenvalue weighted by molar-refractivity contribution is 7.47. The number of esters is 4. The van der Waals surface area contributed by atoms with Crippen LogP contribution in [0.5, 0.6) is 0 Å². The molecule has 0 aromatic heterocycles. The van der Waals surface area contributed by atoms with Gasteiger partial charge in [0.2, 0.25) is 0 Å². The number of unbranched alkanes of at least 4 members (excludes halogenated alkanes) is 39. The highest BCUT2D eigenvalue weighted by atomic mass is 31.2. The van der Waals surface area contributed by atoms with Gasteiger partial charge in [0.25, 0.3) is 0 Å². The van der Waals surface area contributed by atoms with E-state index in [9.17, 15) is 43.2 Å². The van der Waals surface area contributed by atoms with Crippen LogP contribution in [0.25, 0.3) is 0 Å². The van der Waals surface area contributed by atoms with Gasteiger partial charge in [0, 0.05) is 25.7 Å². The second-order valence-electron chi connectivity index (χ2n) is 28.8. The minimum absolute atomic E-state index is 0.100. The largest absolute Gasteiger partial charge is 0.472 e. The molecule has 0 fully saturated rings. The lowest BCUT2D eigenvalue weighted by Crippen LogP contribution is -2.30.